The number of rotatable bonds is 7. The third-order valence-electron chi connectivity index (χ3n) is 3.05. The topological polar surface area (TPSA) is 59.6 Å². The predicted molar refractivity (Wildman–Crippen MR) is 92.3 cm³/mol. The SMILES string of the molecule is COc1ccccc1OCC(=O)Nc1ccc(NC(C)C)cc1. The maximum absolute atomic E-state index is 12.0. The lowest BCUT2D eigenvalue weighted by atomic mass is 10.2. The van der Waals surface area contributed by atoms with Crippen molar-refractivity contribution in [1.82, 2.24) is 0 Å². The molecule has 0 radical (unpaired) electrons. The van der Waals surface area contributed by atoms with Gasteiger partial charge in [0.05, 0.1) is 7.11 Å². The molecule has 5 nitrogen and oxygen atoms in total. The minimum atomic E-state index is -0.222. The van der Waals surface area contributed by atoms with Crippen molar-refractivity contribution in [3.8, 4) is 11.5 Å². The van der Waals surface area contributed by atoms with Crippen molar-refractivity contribution in [2.75, 3.05) is 24.4 Å². The highest BCUT2D eigenvalue weighted by Gasteiger charge is 2.07. The summed E-state index contributed by atoms with van der Waals surface area (Å²) in [4.78, 5) is 12.0. The van der Waals surface area contributed by atoms with Crippen molar-refractivity contribution in [1.29, 1.82) is 0 Å². The molecule has 0 heterocycles. The van der Waals surface area contributed by atoms with Crippen molar-refractivity contribution in [3.63, 3.8) is 0 Å². The second kappa shape index (κ2) is 8.08. The number of hydrogen-bond acceptors (Lipinski definition) is 4. The molecule has 0 aliphatic heterocycles. The van der Waals surface area contributed by atoms with Crippen LogP contribution in [0.5, 0.6) is 11.5 Å². The van der Waals surface area contributed by atoms with E-state index in [0.717, 1.165) is 11.4 Å². The lowest BCUT2D eigenvalue weighted by molar-refractivity contribution is -0.118. The van der Waals surface area contributed by atoms with Crippen LogP contribution in [0.4, 0.5) is 11.4 Å². The van der Waals surface area contributed by atoms with Crippen LogP contribution in [0.1, 0.15) is 13.8 Å². The Hall–Kier alpha value is -2.69. The van der Waals surface area contributed by atoms with Crippen LogP contribution < -0.4 is 20.1 Å². The molecule has 2 aromatic rings. The molecule has 122 valence electrons. The van der Waals surface area contributed by atoms with Crippen LogP contribution in [0.15, 0.2) is 48.5 Å². The van der Waals surface area contributed by atoms with Gasteiger partial charge in [0.15, 0.2) is 18.1 Å². The number of hydrogen-bond donors (Lipinski definition) is 2. The van der Waals surface area contributed by atoms with Crippen LogP contribution in [-0.4, -0.2) is 25.7 Å². The number of para-hydroxylation sites is 2. The second-order valence-corrected chi connectivity index (χ2v) is 5.36. The maximum atomic E-state index is 12.0. The van der Waals surface area contributed by atoms with E-state index in [-0.39, 0.29) is 12.5 Å². The van der Waals surface area contributed by atoms with Crippen LogP contribution >= 0.6 is 0 Å². The standard InChI is InChI=1S/C18H22N2O3/c1-13(2)19-14-8-10-15(11-9-14)20-18(21)12-23-17-7-5-4-6-16(17)22-3/h4-11,13,19H,12H2,1-3H3,(H,20,21). The molecule has 2 N–H and O–H groups in total. The van der Waals surface area contributed by atoms with Crippen LogP contribution in [0.25, 0.3) is 0 Å². The van der Waals surface area contributed by atoms with Gasteiger partial charge in [-0.25, -0.2) is 0 Å². The summed E-state index contributed by atoms with van der Waals surface area (Å²) in [6.45, 7) is 4.07. The molecule has 0 fully saturated rings. The molecule has 0 saturated heterocycles. The summed E-state index contributed by atoms with van der Waals surface area (Å²) in [5.41, 5.74) is 1.75. The fraction of sp³-hybridized carbons (Fsp3) is 0.278. The van der Waals surface area contributed by atoms with Gasteiger partial charge in [-0.15, -0.1) is 0 Å². The molecule has 23 heavy (non-hydrogen) atoms. The highest BCUT2D eigenvalue weighted by Crippen LogP contribution is 2.25. The number of methoxy groups -OCH3 is 1. The maximum Gasteiger partial charge on any atom is 0.262 e. The summed E-state index contributed by atoms with van der Waals surface area (Å²) < 4.78 is 10.7. The smallest absolute Gasteiger partial charge is 0.262 e. The lowest BCUT2D eigenvalue weighted by Gasteiger charge is -2.12. The average molecular weight is 314 g/mol. The fourth-order valence-corrected chi connectivity index (χ4v) is 2.06. The number of benzene rings is 2. The molecule has 2 rings (SSSR count). The molecule has 0 aromatic heterocycles. The lowest BCUT2D eigenvalue weighted by Crippen LogP contribution is -2.20. The van der Waals surface area contributed by atoms with Crippen molar-refractivity contribution < 1.29 is 14.3 Å². The Labute approximate surface area is 136 Å². The molecular weight excluding hydrogens is 292 g/mol. The third kappa shape index (κ3) is 5.21. The molecule has 0 spiro atoms. The Kier molecular flexibility index (Phi) is 5.86. The van der Waals surface area contributed by atoms with Crippen molar-refractivity contribution in [3.05, 3.63) is 48.5 Å². The van der Waals surface area contributed by atoms with Gasteiger partial charge in [-0.3, -0.25) is 4.79 Å². The molecule has 1 amide bonds. The van der Waals surface area contributed by atoms with E-state index in [0.29, 0.717) is 17.5 Å². The Bertz CT molecular complexity index is 639. The summed E-state index contributed by atoms with van der Waals surface area (Å²) in [7, 11) is 1.56. The van der Waals surface area contributed by atoms with E-state index in [2.05, 4.69) is 24.5 Å². The summed E-state index contributed by atoms with van der Waals surface area (Å²) >= 11 is 0. The number of amides is 1. The number of carbonyl (C=O) groups is 1. The predicted octanol–water partition coefficient (Wildman–Crippen LogP) is 3.53. The van der Waals surface area contributed by atoms with E-state index < -0.39 is 0 Å². The van der Waals surface area contributed by atoms with Gasteiger partial charge in [0.25, 0.3) is 5.91 Å². The van der Waals surface area contributed by atoms with Crippen LogP contribution in [0.3, 0.4) is 0 Å². The number of carbonyl (C=O) groups excluding carboxylic acids is 1. The highest BCUT2D eigenvalue weighted by molar-refractivity contribution is 5.92. The molecule has 0 atom stereocenters. The normalized spacial score (nSPS) is 10.3. The van der Waals surface area contributed by atoms with E-state index in [1.165, 1.54) is 0 Å². The fourth-order valence-electron chi connectivity index (χ4n) is 2.06. The largest absolute Gasteiger partial charge is 0.493 e. The first-order valence-corrected chi connectivity index (χ1v) is 7.50. The highest BCUT2D eigenvalue weighted by atomic mass is 16.5. The minimum Gasteiger partial charge on any atom is -0.493 e. The first-order chi connectivity index (χ1) is 11.1. The molecule has 0 bridgehead atoms. The summed E-state index contributed by atoms with van der Waals surface area (Å²) in [5.74, 6) is 0.923. The summed E-state index contributed by atoms with van der Waals surface area (Å²) in [6.07, 6.45) is 0. The zero-order valence-corrected chi connectivity index (χ0v) is 13.6. The Morgan fingerprint density at radius 2 is 1.61 bits per heavy atom. The van der Waals surface area contributed by atoms with Gasteiger partial charge in [0, 0.05) is 17.4 Å². The van der Waals surface area contributed by atoms with Gasteiger partial charge in [0.1, 0.15) is 0 Å². The Morgan fingerprint density at radius 1 is 1.00 bits per heavy atom. The quantitative estimate of drug-likeness (QED) is 0.821. The second-order valence-electron chi connectivity index (χ2n) is 5.36. The average Bonchev–Trinajstić information content (AvgIpc) is 2.54. The number of ether oxygens (including phenoxy) is 2. The van der Waals surface area contributed by atoms with Gasteiger partial charge < -0.3 is 20.1 Å². The van der Waals surface area contributed by atoms with E-state index in [1.807, 2.05) is 36.4 Å². The van der Waals surface area contributed by atoms with Gasteiger partial charge in [-0.2, -0.15) is 0 Å². The molecule has 5 heteroatoms. The van der Waals surface area contributed by atoms with Crippen LogP contribution in [0.2, 0.25) is 0 Å². The van der Waals surface area contributed by atoms with Crippen molar-refractivity contribution in [2.24, 2.45) is 0 Å². The summed E-state index contributed by atoms with van der Waals surface area (Å²) in [5, 5.41) is 6.09. The van der Waals surface area contributed by atoms with Crippen molar-refractivity contribution in [2.45, 2.75) is 19.9 Å². The van der Waals surface area contributed by atoms with E-state index in [4.69, 9.17) is 9.47 Å². The number of nitrogens with one attached hydrogen (secondary N) is 2. The molecular formula is C18H22N2O3. The third-order valence-corrected chi connectivity index (χ3v) is 3.05. The molecule has 2 aromatic carbocycles. The first kappa shape index (κ1) is 16.7. The Morgan fingerprint density at radius 3 is 2.22 bits per heavy atom. The van der Waals surface area contributed by atoms with Gasteiger partial charge in [-0.05, 0) is 50.2 Å². The van der Waals surface area contributed by atoms with Crippen LogP contribution in [-0.2, 0) is 4.79 Å². The van der Waals surface area contributed by atoms with Gasteiger partial charge >= 0.3 is 0 Å². The zero-order chi connectivity index (χ0) is 16.7. The van der Waals surface area contributed by atoms with Gasteiger partial charge in [-0.1, -0.05) is 12.1 Å². The summed E-state index contributed by atoms with van der Waals surface area (Å²) in [6, 6.07) is 15.1. The molecule has 0 aliphatic rings. The van der Waals surface area contributed by atoms with Gasteiger partial charge in [0.2, 0.25) is 0 Å². The zero-order valence-electron chi connectivity index (χ0n) is 13.6. The van der Waals surface area contributed by atoms with Crippen molar-refractivity contribution >= 4 is 17.3 Å². The van der Waals surface area contributed by atoms with E-state index in [9.17, 15) is 4.79 Å². The molecule has 0 aliphatic carbocycles. The molecule has 0 unspecified atom stereocenters. The number of anilines is 2. The van der Waals surface area contributed by atoms with E-state index in [1.54, 1.807) is 19.2 Å². The Balaban J connectivity index is 1.87. The van der Waals surface area contributed by atoms with E-state index >= 15 is 0 Å². The first-order valence-electron chi connectivity index (χ1n) is 7.50. The minimum absolute atomic E-state index is 0.0770. The monoisotopic (exact) mass is 314 g/mol. The molecule has 0 saturated carbocycles. The van der Waals surface area contributed by atoms with Crippen LogP contribution in [0, 0.1) is 0 Å².